The first-order valence-corrected chi connectivity index (χ1v) is 6.83. The fraction of sp³-hybridized carbons (Fsp3) is 0.643. The lowest BCUT2D eigenvalue weighted by Crippen LogP contribution is -2.29. The Morgan fingerprint density at radius 1 is 1.53 bits per heavy atom. The predicted molar refractivity (Wildman–Crippen MR) is 74.3 cm³/mol. The van der Waals surface area contributed by atoms with Gasteiger partial charge in [0, 0.05) is 37.5 Å². The molecule has 0 radical (unpaired) electrons. The van der Waals surface area contributed by atoms with Gasteiger partial charge in [-0.25, -0.2) is 9.97 Å². The van der Waals surface area contributed by atoms with Gasteiger partial charge in [0.15, 0.2) is 0 Å². The third-order valence-electron chi connectivity index (χ3n) is 3.49. The first-order valence-electron chi connectivity index (χ1n) is 6.83. The minimum atomic E-state index is 0.745. The Bertz CT molecular complexity index is 410. The predicted octanol–water partition coefficient (Wildman–Crippen LogP) is 1.09. The van der Waals surface area contributed by atoms with Crippen LogP contribution in [0.15, 0.2) is 6.20 Å². The molecule has 2 rings (SSSR count). The number of methoxy groups -OCH3 is 1. The van der Waals surface area contributed by atoms with Crippen molar-refractivity contribution in [3.8, 4) is 0 Å². The van der Waals surface area contributed by atoms with Gasteiger partial charge in [0.25, 0.3) is 0 Å². The summed E-state index contributed by atoms with van der Waals surface area (Å²) in [4.78, 5) is 13.5. The molecule has 2 heterocycles. The number of rotatable bonds is 6. The van der Waals surface area contributed by atoms with Gasteiger partial charge in [-0.15, -0.1) is 0 Å². The number of hydrogen-bond donors (Lipinski definition) is 0. The van der Waals surface area contributed by atoms with Gasteiger partial charge in [0.05, 0.1) is 13.2 Å². The number of ether oxygens (including phenoxy) is 1. The van der Waals surface area contributed by atoms with Crippen molar-refractivity contribution in [2.45, 2.75) is 26.4 Å². The molecule has 0 atom stereocenters. The van der Waals surface area contributed by atoms with Crippen molar-refractivity contribution in [1.29, 1.82) is 0 Å². The topological polar surface area (TPSA) is 41.5 Å². The SMILES string of the molecule is [CH2-]N1CCc2nc(CN(CC)CCOC)ncc2C1. The van der Waals surface area contributed by atoms with E-state index in [-0.39, 0.29) is 0 Å². The Hall–Kier alpha value is -1.04. The molecule has 0 bridgehead atoms. The Morgan fingerprint density at radius 3 is 3.11 bits per heavy atom. The van der Waals surface area contributed by atoms with Crippen LogP contribution in [-0.2, 0) is 24.2 Å². The van der Waals surface area contributed by atoms with E-state index in [0.29, 0.717) is 0 Å². The lowest BCUT2D eigenvalue weighted by Gasteiger charge is -2.30. The molecular formula is C14H23N4O-. The van der Waals surface area contributed by atoms with Crippen LogP contribution < -0.4 is 0 Å². The van der Waals surface area contributed by atoms with E-state index in [1.165, 1.54) is 11.3 Å². The minimum absolute atomic E-state index is 0.745. The van der Waals surface area contributed by atoms with Crippen molar-refractivity contribution >= 4 is 0 Å². The molecule has 19 heavy (non-hydrogen) atoms. The van der Waals surface area contributed by atoms with Crippen LogP contribution >= 0.6 is 0 Å². The number of hydrogen-bond acceptors (Lipinski definition) is 5. The Morgan fingerprint density at radius 2 is 2.37 bits per heavy atom. The van der Waals surface area contributed by atoms with Crippen molar-refractivity contribution in [3.63, 3.8) is 0 Å². The molecule has 0 fully saturated rings. The molecule has 0 saturated carbocycles. The van der Waals surface area contributed by atoms with Gasteiger partial charge in [-0.1, -0.05) is 6.92 Å². The zero-order valence-electron chi connectivity index (χ0n) is 11.9. The summed E-state index contributed by atoms with van der Waals surface area (Å²) >= 11 is 0. The highest BCUT2D eigenvalue weighted by molar-refractivity contribution is 5.20. The second-order valence-electron chi connectivity index (χ2n) is 4.92. The van der Waals surface area contributed by atoms with E-state index in [9.17, 15) is 0 Å². The molecule has 0 unspecified atom stereocenters. The van der Waals surface area contributed by atoms with E-state index < -0.39 is 0 Å². The van der Waals surface area contributed by atoms with Crippen LogP contribution in [0, 0.1) is 7.05 Å². The molecule has 1 aliphatic rings. The summed E-state index contributed by atoms with van der Waals surface area (Å²) in [6.45, 7) is 7.42. The van der Waals surface area contributed by atoms with E-state index in [1.807, 2.05) is 6.20 Å². The molecule has 0 aromatic carbocycles. The molecule has 0 spiro atoms. The largest absolute Gasteiger partial charge is 0.455 e. The number of nitrogens with zero attached hydrogens (tertiary/aromatic N) is 4. The minimum Gasteiger partial charge on any atom is -0.455 e. The summed E-state index contributed by atoms with van der Waals surface area (Å²) in [5.74, 6) is 0.911. The molecule has 0 aliphatic carbocycles. The third-order valence-corrected chi connectivity index (χ3v) is 3.49. The number of aromatic nitrogens is 2. The van der Waals surface area contributed by atoms with E-state index in [4.69, 9.17) is 9.72 Å². The zero-order chi connectivity index (χ0) is 13.7. The molecule has 1 aliphatic heterocycles. The lowest BCUT2D eigenvalue weighted by molar-refractivity contribution is 0.146. The quantitative estimate of drug-likeness (QED) is 0.719. The second-order valence-corrected chi connectivity index (χ2v) is 4.92. The van der Waals surface area contributed by atoms with E-state index in [2.05, 4.69) is 28.8 Å². The van der Waals surface area contributed by atoms with E-state index in [1.54, 1.807) is 7.11 Å². The molecule has 0 saturated heterocycles. The van der Waals surface area contributed by atoms with E-state index in [0.717, 1.165) is 51.6 Å². The summed E-state index contributed by atoms with van der Waals surface area (Å²) in [6.07, 6.45) is 2.93. The fourth-order valence-electron chi connectivity index (χ4n) is 2.26. The van der Waals surface area contributed by atoms with Crippen LogP contribution in [0.5, 0.6) is 0 Å². The van der Waals surface area contributed by atoms with Crippen LogP contribution in [0.2, 0.25) is 0 Å². The van der Waals surface area contributed by atoms with Crippen LogP contribution in [0.1, 0.15) is 24.0 Å². The van der Waals surface area contributed by atoms with Gasteiger partial charge >= 0.3 is 0 Å². The summed E-state index contributed by atoms with van der Waals surface area (Å²) in [5, 5.41) is 0. The van der Waals surface area contributed by atoms with Crippen LogP contribution in [-0.4, -0.2) is 53.1 Å². The Labute approximate surface area is 115 Å². The van der Waals surface area contributed by atoms with Crippen molar-refractivity contribution in [1.82, 2.24) is 19.8 Å². The maximum absolute atomic E-state index is 5.12. The molecule has 5 nitrogen and oxygen atoms in total. The fourth-order valence-corrected chi connectivity index (χ4v) is 2.26. The van der Waals surface area contributed by atoms with Gasteiger partial charge in [0.2, 0.25) is 0 Å². The van der Waals surface area contributed by atoms with Gasteiger partial charge in [-0.3, -0.25) is 11.9 Å². The zero-order valence-corrected chi connectivity index (χ0v) is 11.9. The van der Waals surface area contributed by atoms with Crippen molar-refractivity contribution in [3.05, 3.63) is 30.3 Å². The van der Waals surface area contributed by atoms with Gasteiger partial charge in [-0.2, -0.15) is 0 Å². The maximum Gasteiger partial charge on any atom is 0.142 e. The van der Waals surface area contributed by atoms with E-state index >= 15 is 0 Å². The molecular weight excluding hydrogens is 240 g/mol. The molecule has 1 aromatic heterocycles. The summed E-state index contributed by atoms with van der Waals surface area (Å²) in [5.41, 5.74) is 2.40. The monoisotopic (exact) mass is 263 g/mol. The Balaban J connectivity index is 2.01. The van der Waals surface area contributed by atoms with Crippen molar-refractivity contribution < 1.29 is 4.74 Å². The first-order chi connectivity index (χ1) is 9.22. The van der Waals surface area contributed by atoms with Gasteiger partial charge < -0.3 is 9.64 Å². The lowest BCUT2D eigenvalue weighted by atomic mass is 10.1. The normalized spacial score (nSPS) is 15.8. The summed E-state index contributed by atoms with van der Waals surface area (Å²) < 4.78 is 5.12. The molecule has 1 aromatic rings. The smallest absolute Gasteiger partial charge is 0.142 e. The highest BCUT2D eigenvalue weighted by Crippen LogP contribution is 2.15. The van der Waals surface area contributed by atoms with Gasteiger partial charge in [-0.05, 0) is 19.6 Å². The highest BCUT2D eigenvalue weighted by Gasteiger charge is 2.14. The summed E-state index contributed by atoms with van der Waals surface area (Å²) in [7, 11) is 5.70. The Kier molecular flexibility index (Phi) is 5.24. The average Bonchev–Trinajstić information content (AvgIpc) is 2.43. The van der Waals surface area contributed by atoms with Gasteiger partial charge in [0.1, 0.15) is 5.82 Å². The first kappa shape index (κ1) is 14.4. The van der Waals surface area contributed by atoms with Crippen molar-refractivity contribution in [2.75, 3.05) is 33.4 Å². The molecule has 0 amide bonds. The number of likely N-dealkylation sites (N-methyl/N-ethyl adjacent to an activating group) is 1. The molecule has 0 N–H and O–H groups in total. The van der Waals surface area contributed by atoms with Crippen molar-refractivity contribution in [2.24, 2.45) is 0 Å². The summed E-state index contributed by atoms with van der Waals surface area (Å²) in [6, 6.07) is 0. The van der Waals surface area contributed by atoms with Crippen LogP contribution in [0.4, 0.5) is 0 Å². The third kappa shape index (κ3) is 3.96. The molecule has 106 valence electrons. The highest BCUT2D eigenvalue weighted by atomic mass is 16.5. The molecule has 5 heteroatoms. The van der Waals surface area contributed by atoms with Crippen LogP contribution in [0.25, 0.3) is 0 Å². The van der Waals surface area contributed by atoms with Crippen LogP contribution in [0.3, 0.4) is 0 Å². The number of fused-ring (bicyclic) bond motifs is 1. The standard InChI is InChI=1S/C14H23N4O/c1-4-18(7-8-19-3)11-14-15-9-12-10-17(2)6-5-13(12)16-14/h9H,2,4-8,10-11H2,1,3H3/q-1. The average molecular weight is 263 g/mol. The second kappa shape index (κ2) is 6.93. The maximum atomic E-state index is 5.12.